The number of ether oxygens (including phenoxy) is 1. The minimum absolute atomic E-state index is 0.0549. The molecule has 0 spiro atoms. The molecule has 1 aromatic rings. The number of hydrogen-bond donors (Lipinski definition) is 1. The van der Waals surface area contributed by atoms with Gasteiger partial charge in [-0.05, 0) is 32.4 Å². The van der Waals surface area contributed by atoms with Gasteiger partial charge in [0.05, 0.1) is 18.2 Å². The number of nitrogens with zero attached hydrogens (tertiary/aromatic N) is 1. The van der Waals surface area contributed by atoms with Crippen molar-refractivity contribution in [3.05, 3.63) is 29.8 Å². The van der Waals surface area contributed by atoms with Crippen LogP contribution in [0.15, 0.2) is 24.3 Å². The number of nitrogens with one attached hydrogen (secondary N) is 1. The van der Waals surface area contributed by atoms with E-state index in [0.717, 1.165) is 24.3 Å². The van der Waals surface area contributed by atoms with Gasteiger partial charge in [0.15, 0.2) is 0 Å². The van der Waals surface area contributed by atoms with Crippen molar-refractivity contribution in [2.24, 2.45) is 0 Å². The monoisotopic (exact) mass is 262 g/mol. The van der Waals surface area contributed by atoms with E-state index in [1.165, 1.54) is 0 Å². The average Bonchev–Trinajstić information content (AvgIpc) is 2.91. The van der Waals surface area contributed by atoms with E-state index in [4.69, 9.17) is 4.74 Å². The molecular formula is C15H22N2O2. The predicted molar refractivity (Wildman–Crippen MR) is 76.5 cm³/mol. The van der Waals surface area contributed by atoms with Crippen molar-refractivity contribution in [3.8, 4) is 0 Å². The van der Waals surface area contributed by atoms with Crippen molar-refractivity contribution in [1.29, 1.82) is 0 Å². The number of carbonyl (C=O) groups is 1. The lowest BCUT2D eigenvalue weighted by atomic mass is 10.1. The van der Waals surface area contributed by atoms with Crippen LogP contribution >= 0.6 is 0 Å². The van der Waals surface area contributed by atoms with E-state index in [1.807, 2.05) is 31.3 Å². The zero-order valence-corrected chi connectivity index (χ0v) is 11.8. The van der Waals surface area contributed by atoms with Crippen LogP contribution in [0.3, 0.4) is 0 Å². The maximum absolute atomic E-state index is 12.6. The summed E-state index contributed by atoms with van der Waals surface area (Å²) in [6, 6.07) is 8.16. The van der Waals surface area contributed by atoms with Gasteiger partial charge in [-0.1, -0.05) is 12.1 Å². The van der Waals surface area contributed by atoms with Crippen LogP contribution in [-0.4, -0.2) is 43.2 Å². The fraction of sp³-hybridized carbons (Fsp3) is 0.533. The zero-order chi connectivity index (χ0) is 13.8. The van der Waals surface area contributed by atoms with Gasteiger partial charge in [-0.25, -0.2) is 0 Å². The van der Waals surface area contributed by atoms with Crippen LogP contribution in [0.2, 0.25) is 0 Å². The molecule has 0 aromatic heterocycles. The Kier molecular flexibility index (Phi) is 4.43. The standard InChI is InChI=1S/C15H22N2O2/c1-11(2)16-14-7-5-4-6-13(14)15(18)17(3)12-8-9-19-10-12/h4-7,11-12,16H,8-10H2,1-3H3. The number of hydrogen-bond acceptors (Lipinski definition) is 3. The second-order valence-corrected chi connectivity index (χ2v) is 5.28. The van der Waals surface area contributed by atoms with Gasteiger partial charge in [0.2, 0.25) is 0 Å². The quantitative estimate of drug-likeness (QED) is 0.905. The lowest BCUT2D eigenvalue weighted by Gasteiger charge is -2.25. The molecule has 1 aliphatic heterocycles. The first-order chi connectivity index (χ1) is 9.09. The lowest BCUT2D eigenvalue weighted by molar-refractivity contribution is 0.0712. The van der Waals surface area contributed by atoms with Gasteiger partial charge in [-0.2, -0.15) is 0 Å². The summed E-state index contributed by atoms with van der Waals surface area (Å²) in [5.41, 5.74) is 1.62. The van der Waals surface area contributed by atoms with E-state index >= 15 is 0 Å². The molecule has 1 fully saturated rings. The Hall–Kier alpha value is -1.55. The number of likely N-dealkylation sites (N-methyl/N-ethyl adjacent to an activating group) is 1. The van der Waals surface area contributed by atoms with Gasteiger partial charge in [-0.15, -0.1) is 0 Å². The number of amides is 1. The van der Waals surface area contributed by atoms with Crippen molar-refractivity contribution in [3.63, 3.8) is 0 Å². The van der Waals surface area contributed by atoms with Crippen LogP contribution in [0.4, 0.5) is 5.69 Å². The van der Waals surface area contributed by atoms with Gasteiger partial charge >= 0.3 is 0 Å². The van der Waals surface area contributed by atoms with E-state index in [9.17, 15) is 4.79 Å². The smallest absolute Gasteiger partial charge is 0.256 e. The number of carbonyl (C=O) groups excluding carboxylic acids is 1. The van der Waals surface area contributed by atoms with E-state index < -0.39 is 0 Å². The first-order valence-electron chi connectivity index (χ1n) is 6.80. The molecule has 1 saturated heterocycles. The Morgan fingerprint density at radius 3 is 2.79 bits per heavy atom. The minimum atomic E-state index is 0.0549. The van der Waals surface area contributed by atoms with Crippen molar-refractivity contribution >= 4 is 11.6 Å². The second kappa shape index (κ2) is 6.06. The molecule has 2 rings (SSSR count). The Bertz CT molecular complexity index is 440. The molecule has 104 valence electrons. The van der Waals surface area contributed by atoms with Crippen LogP contribution in [0.1, 0.15) is 30.6 Å². The molecule has 0 bridgehead atoms. The van der Waals surface area contributed by atoms with Gasteiger partial charge < -0.3 is 15.0 Å². The number of benzene rings is 1. The highest BCUT2D eigenvalue weighted by Gasteiger charge is 2.26. The van der Waals surface area contributed by atoms with Gasteiger partial charge in [0.25, 0.3) is 5.91 Å². The highest BCUT2D eigenvalue weighted by atomic mass is 16.5. The Morgan fingerprint density at radius 2 is 2.16 bits per heavy atom. The van der Waals surface area contributed by atoms with Crippen LogP contribution in [0.5, 0.6) is 0 Å². The van der Waals surface area contributed by atoms with Crippen LogP contribution in [-0.2, 0) is 4.74 Å². The lowest BCUT2D eigenvalue weighted by Crippen LogP contribution is -2.37. The minimum Gasteiger partial charge on any atom is -0.382 e. The summed E-state index contributed by atoms with van der Waals surface area (Å²) in [6.45, 7) is 5.52. The zero-order valence-electron chi connectivity index (χ0n) is 11.8. The predicted octanol–water partition coefficient (Wildman–Crippen LogP) is 2.37. The molecule has 4 heteroatoms. The molecule has 0 aliphatic carbocycles. The molecule has 1 aliphatic rings. The molecule has 1 heterocycles. The van der Waals surface area contributed by atoms with Crippen LogP contribution < -0.4 is 5.32 Å². The van der Waals surface area contributed by atoms with Crippen molar-refractivity contribution in [2.75, 3.05) is 25.6 Å². The normalized spacial score (nSPS) is 18.6. The number of anilines is 1. The summed E-state index contributed by atoms with van der Waals surface area (Å²) in [7, 11) is 1.85. The van der Waals surface area contributed by atoms with Crippen molar-refractivity contribution in [2.45, 2.75) is 32.4 Å². The molecule has 1 atom stereocenters. The summed E-state index contributed by atoms with van der Waals surface area (Å²) in [5, 5.41) is 3.32. The highest BCUT2D eigenvalue weighted by Crippen LogP contribution is 2.20. The summed E-state index contributed by atoms with van der Waals surface area (Å²) in [5.74, 6) is 0.0549. The largest absolute Gasteiger partial charge is 0.382 e. The molecule has 1 amide bonds. The van der Waals surface area contributed by atoms with E-state index in [2.05, 4.69) is 19.2 Å². The van der Waals surface area contributed by atoms with Gasteiger partial charge in [0.1, 0.15) is 0 Å². The number of rotatable bonds is 4. The first-order valence-corrected chi connectivity index (χ1v) is 6.80. The maximum Gasteiger partial charge on any atom is 0.256 e. The third-order valence-electron chi connectivity index (χ3n) is 3.38. The Balaban J connectivity index is 2.17. The Morgan fingerprint density at radius 1 is 1.42 bits per heavy atom. The molecule has 1 unspecified atom stereocenters. The highest BCUT2D eigenvalue weighted by molar-refractivity contribution is 5.99. The van der Waals surface area contributed by atoms with Crippen molar-refractivity contribution in [1.82, 2.24) is 4.90 Å². The van der Waals surface area contributed by atoms with Gasteiger partial charge in [0, 0.05) is 25.4 Å². The molecular weight excluding hydrogens is 240 g/mol. The molecule has 0 radical (unpaired) electrons. The number of para-hydroxylation sites is 1. The molecule has 19 heavy (non-hydrogen) atoms. The second-order valence-electron chi connectivity index (χ2n) is 5.28. The fourth-order valence-electron chi connectivity index (χ4n) is 2.29. The average molecular weight is 262 g/mol. The first kappa shape index (κ1) is 13.9. The third-order valence-corrected chi connectivity index (χ3v) is 3.38. The van der Waals surface area contributed by atoms with Crippen LogP contribution in [0, 0.1) is 0 Å². The Labute approximate surface area is 114 Å². The van der Waals surface area contributed by atoms with Gasteiger partial charge in [-0.3, -0.25) is 4.79 Å². The van der Waals surface area contributed by atoms with E-state index in [0.29, 0.717) is 12.6 Å². The molecule has 1 N–H and O–H groups in total. The maximum atomic E-state index is 12.6. The van der Waals surface area contributed by atoms with E-state index in [-0.39, 0.29) is 11.9 Å². The molecule has 0 saturated carbocycles. The summed E-state index contributed by atoms with van der Waals surface area (Å²) in [4.78, 5) is 14.4. The molecule has 1 aromatic carbocycles. The fourth-order valence-corrected chi connectivity index (χ4v) is 2.29. The van der Waals surface area contributed by atoms with Crippen molar-refractivity contribution < 1.29 is 9.53 Å². The third kappa shape index (κ3) is 3.26. The topological polar surface area (TPSA) is 41.6 Å². The van der Waals surface area contributed by atoms with Crippen LogP contribution in [0.25, 0.3) is 0 Å². The summed E-state index contributed by atoms with van der Waals surface area (Å²) < 4.78 is 5.35. The molecule has 4 nitrogen and oxygen atoms in total. The summed E-state index contributed by atoms with van der Waals surface area (Å²) in [6.07, 6.45) is 0.919. The summed E-state index contributed by atoms with van der Waals surface area (Å²) >= 11 is 0. The SMILES string of the molecule is CC(C)Nc1ccccc1C(=O)N(C)C1CCOC1. The van der Waals surface area contributed by atoms with E-state index in [1.54, 1.807) is 4.90 Å².